The van der Waals surface area contributed by atoms with Crippen LogP contribution in [0.5, 0.6) is 0 Å². The van der Waals surface area contributed by atoms with E-state index in [9.17, 15) is 4.79 Å². The molecule has 0 fully saturated rings. The maximum absolute atomic E-state index is 11.4. The first-order chi connectivity index (χ1) is 9.74. The number of carbonyl (C=O) groups is 1. The lowest BCUT2D eigenvalue weighted by Gasteiger charge is -2.22. The molecule has 0 radical (unpaired) electrons. The zero-order chi connectivity index (χ0) is 14.4. The molecule has 1 amide bonds. The number of rotatable bonds is 7. The lowest BCUT2D eigenvalue weighted by molar-refractivity contribution is -0.125. The van der Waals surface area contributed by atoms with Gasteiger partial charge in [-0.25, -0.2) is 0 Å². The molecule has 1 aromatic heterocycles. The van der Waals surface area contributed by atoms with Crippen LogP contribution in [0.15, 0.2) is 6.20 Å². The van der Waals surface area contributed by atoms with Gasteiger partial charge in [-0.1, -0.05) is 0 Å². The number of nitrogens with one attached hydrogen (secondary N) is 1. The van der Waals surface area contributed by atoms with Crippen LogP contribution < -0.4 is 5.32 Å². The van der Waals surface area contributed by atoms with Gasteiger partial charge in [0.25, 0.3) is 0 Å². The van der Waals surface area contributed by atoms with E-state index >= 15 is 0 Å². The van der Waals surface area contributed by atoms with Crippen LogP contribution in [-0.4, -0.2) is 56.3 Å². The molecule has 1 aliphatic rings. The van der Waals surface area contributed by atoms with Crippen molar-refractivity contribution in [1.82, 2.24) is 15.1 Å². The van der Waals surface area contributed by atoms with Crippen LogP contribution >= 0.6 is 0 Å². The summed E-state index contributed by atoms with van der Waals surface area (Å²) in [5, 5.41) is 7.31. The first-order valence-corrected chi connectivity index (χ1v) is 6.67. The van der Waals surface area contributed by atoms with Crippen LogP contribution in [0.25, 0.3) is 0 Å². The van der Waals surface area contributed by atoms with Gasteiger partial charge in [0.2, 0.25) is 5.91 Å². The maximum atomic E-state index is 11.4. The molecule has 0 unspecified atom stereocenters. The van der Waals surface area contributed by atoms with Crippen molar-refractivity contribution in [2.45, 2.75) is 19.1 Å². The van der Waals surface area contributed by atoms with Gasteiger partial charge in [0.05, 0.1) is 25.5 Å². The van der Waals surface area contributed by atoms with Crippen molar-refractivity contribution in [2.75, 3.05) is 40.6 Å². The molecule has 0 saturated heterocycles. The Labute approximate surface area is 118 Å². The molecule has 0 saturated carbocycles. The van der Waals surface area contributed by atoms with E-state index in [0.29, 0.717) is 26.3 Å². The van der Waals surface area contributed by atoms with E-state index in [1.165, 1.54) is 12.7 Å². The Hall–Kier alpha value is -1.44. The second-order valence-electron chi connectivity index (χ2n) is 4.64. The van der Waals surface area contributed by atoms with Crippen molar-refractivity contribution in [3.05, 3.63) is 17.5 Å². The number of carbonyl (C=O) groups excluding carboxylic acids is 1. The highest BCUT2D eigenvalue weighted by Crippen LogP contribution is 2.25. The van der Waals surface area contributed by atoms with Crippen LogP contribution in [0.1, 0.15) is 17.4 Å². The predicted molar refractivity (Wildman–Crippen MR) is 71.4 cm³/mol. The van der Waals surface area contributed by atoms with Gasteiger partial charge in [-0.05, 0) is 12.0 Å². The van der Waals surface area contributed by atoms with Crippen molar-refractivity contribution in [3.8, 4) is 0 Å². The number of methoxy groups -OCH3 is 2. The van der Waals surface area contributed by atoms with Crippen LogP contribution in [0.3, 0.4) is 0 Å². The molecule has 0 bridgehead atoms. The fraction of sp³-hybridized carbons (Fsp3) is 0.692. The monoisotopic (exact) mass is 283 g/mol. The van der Waals surface area contributed by atoms with Crippen molar-refractivity contribution < 1.29 is 19.0 Å². The van der Waals surface area contributed by atoms with Crippen molar-refractivity contribution >= 4 is 5.91 Å². The van der Waals surface area contributed by atoms with E-state index in [1.807, 2.05) is 10.9 Å². The Bertz CT molecular complexity index is 447. The Morgan fingerprint density at radius 2 is 2.40 bits per heavy atom. The van der Waals surface area contributed by atoms with Crippen molar-refractivity contribution in [3.63, 3.8) is 0 Å². The van der Waals surface area contributed by atoms with E-state index in [4.69, 9.17) is 14.2 Å². The number of ether oxygens (including phenoxy) is 3. The van der Waals surface area contributed by atoms with Crippen molar-refractivity contribution in [2.24, 2.45) is 0 Å². The number of fused-ring (bicyclic) bond motifs is 1. The summed E-state index contributed by atoms with van der Waals surface area (Å²) >= 11 is 0. The normalized spacial score (nSPS) is 17.8. The van der Waals surface area contributed by atoms with Crippen LogP contribution in [0, 0.1) is 0 Å². The minimum Gasteiger partial charge on any atom is -0.383 e. The number of hydrogen-bond donors (Lipinski definition) is 1. The molecule has 2 heterocycles. The van der Waals surface area contributed by atoms with E-state index in [1.54, 1.807) is 7.11 Å². The third-order valence-corrected chi connectivity index (χ3v) is 3.15. The van der Waals surface area contributed by atoms with Gasteiger partial charge in [0.15, 0.2) is 0 Å². The summed E-state index contributed by atoms with van der Waals surface area (Å²) in [6, 6.07) is 0. The Kier molecular flexibility index (Phi) is 5.51. The second-order valence-corrected chi connectivity index (χ2v) is 4.64. The number of nitrogens with zero attached hydrogens (tertiary/aromatic N) is 2. The molecule has 0 spiro atoms. The lowest BCUT2D eigenvalue weighted by atomic mass is 10.1. The van der Waals surface area contributed by atoms with Gasteiger partial charge in [0, 0.05) is 27.0 Å². The fourth-order valence-corrected chi connectivity index (χ4v) is 2.17. The SMILES string of the molecule is COCCn1cc2c(n1)[C@H](CNC(=O)COC)OCC2. The summed E-state index contributed by atoms with van der Waals surface area (Å²) in [6.07, 6.45) is 2.69. The van der Waals surface area contributed by atoms with Gasteiger partial charge in [-0.2, -0.15) is 5.10 Å². The van der Waals surface area contributed by atoms with E-state index in [2.05, 4.69) is 10.4 Å². The molecule has 1 atom stereocenters. The zero-order valence-electron chi connectivity index (χ0n) is 11.9. The molecule has 20 heavy (non-hydrogen) atoms. The van der Waals surface area contributed by atoms with E-state index < -0.39 is 0 Å². The third kappa shape index (κ3) is 3.78. The third-order valence-electron chi connectivity index (χ3n) is 3.15. The number of aromatic nitrogens is 2. The first kappa shape index (κ1) is 15.0. The average molecular weight is 283 g/mol. The minimum atomic E-state index is -0.191. The predicted octanol–water partition coefficient (Wildman–Crippen LogP) is -0.0941. The average Bonchev–Trinajstić information content (AvgIpc) is 2.86. The molecular weight excluding hydrogens is 262 g/mol. The molecule has 2 rings (SSSR count). The number of amides is 1. The highest BCUT2D eigenvalue weighted by Gasteiger charge is 2.25. The van der Waals surface area contributed by atoms with Gasteiger partial charge in [0.1, 0.15) is 12.7 Å². The first-order valence-electron chi connectivity index (χ1n) is 6.67. The topological polar surface area (TPSA) is 74.6 Å². The molecule has 7 heteroatoms. The van der Waals surface area contributed by atoms with Crippen LogP contribution in [0.4, 0.5) is 0 Å². The van der Waals surface area contributed by atoms with Gasteiger partial charge < -0.3 is 19.5 Å². The zero-order valence-corrected chi connectivity index (χ0v) is 11.9. The Morgan fingerprint density at radius 3 is 3.15 bits per heavy atom. The highest BCUT2D eigenvalue weighted by atomic mass is 16.5. The molecule has 7 nitrogen and oxygen atoms in total. The quantitative estimate of drug-likeness (QED) is 0.757. The molecule has 1 aromatic rings. The molecular formula is C13H21N3O4. The van der Waals surface area contributed by atoms with Crippen LogP contribution in [0.2, 0.25) is 0 Å². The number of hydrogen-bond acceptors (Lipinski definition) is 5. The van der Waals surface area contributed by atoms with E-state index in [0.717, 1.165) is 12.1 Å². The lowest BCUT2D eigenvalue weighted by Crippen LogP contribution is -2.33. The van der Waals surface area contributed by atoms with Crippen LogP contribution in [-0.2, 0) is 32.0 Å². The largest absolute Gasteiger partial charge is 0.383 e. The molecule has 0 aliphatic carbocycles. The standard InChI is InChI=1S/C13H21N3O4/c1-18-6-4-16-8-10-3-5-20-11(13(10)15-16)7-14-12(17)9-19-2/h8,11H,3-7,9H2,1-2H3,(H,14,17)/t11-/m0/s1. The van der Waals surface area contributed by atoms with Gasteiger partial charge in [-0.15, -0.1) is 0 Å². The molecule has 1 aliphatic heterocycles. The fourth-order valence-electron chi connectivity index (χ4n) is 2.17. The Morgan fingerprint density at radius 1 is 1.55 bits per heavy atom. The Balaban J connectivity index is 1.96. The summed E-state index contributed by atoms with van der Waals surface area (Å²) < 4.78 is 17.4. The van der Waals surface area contributed by atoms with Crippen molar-refractivity contribution in [1.29, 1.82) is 0 Å². The summed E-state index contributed by atoms with van der Waals surface area (Å²) in [5.41, 5.74) is 2.09. The summed E-state index contributed by atoms with van der Waals surface area (Å²) in [7, 11) is 3.16. The van der Waals surface area contributed by atoms with Gasteiger partial charge >= 0.3 is 0 Å². The second kappa shape index (κ2) is 7.37. The van der Waals surface area contributed by atoms with E-state index in [-0.39, 0.29) is 18.6 Å². The summed E-state index contributed by atoms with van der Waals surface area (Å²) in [5.74, 6) is -0.151. The summed E-state index contributed by atoms with van der Waals surface area (Å²) in [6.45, 7) is 2.45. The molecule has 1 N–H and O–H groups in total. The minimum absolute atomic E-state index is 0.0574. The summed E-state index contributed by atoms with van der Waals surface area (Å²) in [4.78, 5) is 11.4. The molecule has 0 aromatic carbocycles. The molecule has 112 valence electrons. The smallest absolute Gasteiger partial charge is 0.246 e. The maximum Gasteiger partial charge on any atom is 0.246 e. The van der Waals surface area contributed by atoms with Gasteiger partial charge in [-0.3, -0.25) is 9.48 Å². The highest BCUT2D eigenvalue weighted by molar-refractivity contribution is 5.77.